The predicted molar refractivity (Wildman–Crippen MR) is 78.5 cm³/mol. The van der Waals surface area contributed by atoms with Crippen molar-refractivity contribution in [3.05, 3.63) is 65.0 Å². The van der Waals surface area contributed by atoms with Crippen LogP contribution in [0.25, 0.3) is 0 Å². The summed E-state index contributed by atoms with van der Waals surface area (Å²) in [4.78, 5) is 0. The van der Waals surface area contributed by atoms with Crippen LogP contribution in [0.4, 0.5) is 10.1 Å². The first-order valence-corrected chi connectivity index (χ1v) is 7.80. The van der Waals surface area contributed by atoms with Gasteiger partial charge >= 0.3 is 0 Å². The Bertz CT molecular complexity index is 773. The molecule has 2 aromatic rings. The minimum atomic E-state index is -3.64. The van der Waals surface area contributed by atoms with Crippen molar-refractivity contribution in [2.24, 2.45) is 0 Å². The van der Waals surface area contributed by atoms with Gasteiger partial charge in [-0.1, -0.05) is 12.1 Å². The van der Waals surface area contributed by atoms with Crippen molar-refractivity contribution in [3.63, 3.8) is 0 Å². The molecule has 4 nitrogen and oxygen atoms in total. The summed E-state index contributed by atoms with van der Waals surface area (Å²) in [6.45, 7) is 1.68. The van der Waals surface area contributed by atoms with Gasteiger partial charge in [0.15, 0.2) is 0 Å². The van der Waals surface area contributed by atoms with Crippen LogP contribution in [-0.2, 0) is 15.8 Å². The first-order chi connectivity index (χ1) is 9.88. The highest BCUT2D eigenvalue weighted by Crippen LogP contribution is 2.16. The molecule has 6 heteroatoms. The van der Waals surface area contributed by atoms with E-state index in [0.717, 1.165) is 6.07 Å². The molecule has 0 aliphatic rings. The van der Waals surface area contributed by atoms with Gasteiger partial charge < -0.3 is 0 Å². The first kappa shape index (κ1) is 15.0. The number of halogens is 1. The summed E-state index contributed by atoms with van der Waals surface area (Å²) in [5.41, 5.74) is 1.84. The van der Waals surface area contributed by atoms with E-state index in [0.29, 0.717) is 16.7 Å². The molecule has 0 saturated heterocycles. The predicted octanol–water partition coefficient (Wildman–Crippen LogP) is 2.95. The molecule has 0 aromatic heterocycles. The zero-order chi connectivity index (χ0) is 15.5. The number of sulfonamides is 1. The van der Waals surface area contributed by atoms with Gasteiger partial charge in [-0.15, -0.1) is 0 Å². The lowest BCUT2D eigenvalue weighted by molar-refractivity contribution is 0.600. The second-order valence-corrected chi connectivity index (χ2v) is 6.41. The molecule has 0 amide bonds. The Morgan fingerprint density at radius 2 is 1.86 bits per heavy atom. The van der Waals surface area contributed by atoms with E-state index in [-0.39, 0.29) is 11.4 Å². The van der Waals surface area contributed by atoms with Gasteiger partial charge in [-0.25, -0.2) is 12.8 Å². The summed E-state index contributed by atoms with van der Waals surface area (Å²) < 4.78 is 39.7. The molecule has 0 aliphatic heterocycles. The van der Waals surface area contributed by atoms with Crippen molar-refractivity contribution in [2.75, 3.05) is 4.72 Å². The number of nitrogens with zero attached hydrogens (tertiary/aromatic N) is 1. The fourth-order valence-corrected chi connectivity index (χ4v) is 3.09. The van der Waals surface area contributed by atoms with Crippen LogP contribution in [0.15, 0.2) is 42.5 Å². The maximum atomic E-state index is 13.2. The van der Waals surface area contributed by atoms with Crippen LogP contribution >= 0.6 is 0 Å². The Kier molecular flexibility index (Phi) is 4.24. The second-order valence-electron chi connectivity index (χ2n) is 4.69. The largest absolute Gasteiger partial charge is 0.283 e. The second kappa shape index (κ2) is 5.94. The monoisotopic (exact) mass is 304 g/mol. The summed E-state index contributed by atoms with van der Waals surface area (Å²) in [6, 6.07) is 12.2. The lowest BCUT2D eigenvalue weighted by atomic mass is 10.2. The van der Waals surface area contributed by atoms with Gasteiger partial charge in [0.25, 0.3) is 0 Å². The highest BCUT2D eigenvalue weighted by atomic mass is 32.2. The van der Waals surface area contributed by atoms with E-state index in [1.165, 1.54) is 6.07 Å². The van der Waals surface area contributed by atoms with Crippen LogP contribution in [-0.4, -0.2) is 8.42 Å². The molecule has 0 unspecified atom stereocenters. The summed E-state index contributed by atoms with van der Waals surface area (Å²) in [6.07, 6.45) is 0. The lowest BCUT2D eigenvalue weighted by Crippen LogP contribution is -2.15. The Labute approximate surface area is 122 Å². The van der Waals surface area contributed by atoms with Crippen LogP contribution in [0, 0.1) is 24.1 Å². The smallest absolute Gasteiger partial charge is 0.236 e. The summed E-state index contributed by atoms with van der Waals surface area (Å²) in [7, 11) is -3.64. The number of benzene rings is 2. The quantitative estimate of drug-likeness (QED) is 0.944. The van der Waals surface area contributed by atoms with E-state index < -0.39 is 15.8 Å². The number of hydrogen-bond acceptors (Lipinski definition) is 3. The molecular formula is C15H13FN2O2S. The number of nitrogens with one attached hydrogen (secondary N) is 1. The highest BCUT2D eigenvalue weighted by Gasteiger charge is 2.12. The molecule has 2 aromatic carbocycles. The van der Waals surface area contributed by atoms with Crippen molar-refractivity contribution in [2.45, 2.75) is 12.7 Å². The summed E-state index contributed by atoms with van der Waals surface area (Å²) in [5.74, 6) is -0.736. The molecule has 0 atom stereocenters. The van der Waals surface area contributed by atoms with Crippen LogP contribution in [0.1, 0.15) is 16.7 Å². The van der Waals surface area contributed by atoms with E-state index in [1.54, 1.807) is 37.3 Å². The van der Waals surface area contributed by atoms with Crippen LogP contribution in [0.3, 0.4) is 0 Å². The number of nitriles is 1. The normalized spacial score (nSPS) is 10.9. The maximum Gasteiger partial charge on any atom is 0.236 e. The Morgan fingerprint density at radius 3 is 2.43 bits per heavy atom. The van der Waals surface area contributed by atoms with Crippen LogP contribution in [0.5, 0.6) is 0 Å². The molecule has 0 heterocycles. The molecule has 108 valence electrons. The van der Waals surface area contributed by atoms with E-state index in [1.807, 2.05) is 6.07 Å². The molecule has 1 N–H and O–H groups in total. The zero-order valence-corrected chi connectivity index (χ0v) is 12.1. The summed E-state index contributed by atoms with van der Waals surface area (Å²) in [5, 5.41) is 8.69. The van der Waals surface area contributed by atoms with Crippen molar-refractivity contribution in [1.82, 2.24) is 0 Å². The Morgan fingerprint density at radius 1 is 1.19 bits per heavy atom. The minimum absolute atomic E-state index is 0.196. The molecule has 0 radical (unpaired) electrons. The van der Waals surface area contributed by atoms with Gasteiger partial charge in [-0.2, -0.15) is 5.26 Å². The minimum Gasteiger partial charge on any atom is -0.283 e. The van der Waals surface area contributed by atoms with Gasteiger partial charge in [-0.05, 0) is 48.4 Å². The fraction of sp³-hybridized carbons (Fsp3) is 0.133. The van der Waals surface area contributed by atoms with Gasteiger partial charge in [0.1, 0.15) is 5.82 Å². The van der Waals surface area contributed by atoms with Crippen molar-refractivity contribution < 1.29 is 12.8 Å². The van der Waals surface area contributed by atoms with Crippen molar-refractivity contribution >= 4 is 15.7 Å². The zero-order valence-electron chi connectivity index (χ0n) is 11.3. The highest BCUT2D eigenvalue weighted by molar-refractivity contribution is 7.91. The Balaban J connectivity index is 2.16. The molecular weight excluding hydrogens is 291 g/mol. The molecule has 0 spiro atoms. The average Bonchev–Trinajstić information content (AvgIpc) is 2.37. The summed E-state index contributed by atoms with van der Waals surface area (Å²) >= 11 is 0. The van der Waals surface area contributed by atoms with Gasteiger partial charge in [0.05, 0.1) is 23.1 Å². The third kappa shape index (κ3) is 4.29. The SMILES string of the molecule is Cc1cc(F)cc(NS(=O)(=O)Cc2ccc(C#N)cc2)c1. The third-order valence-corrected chi connectivity index (χ3v) is 4.02. The molecule has 0 saturated carbocycles. The van der Waals surface area contributed by atoms with Gasteiger partial charge in [0.2, 0.25) is 10.0 Å². The molecule has 0 aliphatic carbocycles. The molecule has 0 bridgehead atoms. The van der Waals surface area contributed by atoms with Crippen LogP contribution in [0.2, 0.25) is 0 Å². The van der Waals surface area contributed by atoms with E-state index >= 15 is 0 Å². The number of rotatable bonds is 4. The van der Waals surface area contributed by atoms with Gasteiger partial charge in [-0.3, -0.25) is 4.72 Å². The number of anilines is 1. The third-order valence-electron chi connectivity index (χ3n) is 2.76. The number of hydrogen-bond donors (Lipinski definition) is 1. The molecule has 21 heavy (non-hydrogen) atoms. The topological polar surface area (TPSA) is 70.0 Å². The van der Waals surface area contributed by atoms with E-state index in [2.05, 4.69) is 4.72 Å². The number of aryl methyl sites for hydroxylation is 1. The fourth-order valence-electron chi connectivity index (χ4n) is 1.91. The maximum absolute atomic E-state index is 13.2. The average molecular weight is 304 g/mol. The lowest BCUT2D eigenvalue weighted by Gasteiger charge is -2.09. The van der Waals surface area contributed by atoms with Crippen LogP contribution < -0.4 is 4.72 Å². The first-order valence-electron chi connectivity index (χ1n) is 6.15. The molecule has 0 fully saturated rings. The van der Waals surface area contributed by atoms with Crippen molar-refractivity contribution in [1.29, 1.82) is 5.26 Å². The Hall–Kier alpha value is -2.39. The van der Waals surface area contributed by atoms with Gasteiger partial charge in [0, 0.05) is 0 Å². The van der Waals surface area contributed by atoms with Crippen molar-refractivity contribution in [3.8, 4) is 6.07 Å². The van der Waals surface area contributed by atoms with E-state index in [9.17, 15) is 12.8 Å². The van der Waals surface area contributed by atoms with E-state index in [4.69, 9.17) is 5.26 Å². The standard InChI is InChI=1S/C15H13FN2O2S/c1-11-6-14(16)8-15(7-11)18-21(19,20)10-13-4-2-12(9-17)3-5-13/h2-8,18H,10H2,1H3. The molecule has 2 rings (SSSR count).